The fourth-order valence-corrected chi connectivity index (χ4v) is 3.01. The van der Waals surface area contributed by atoms with Gasteiger partial charge in [-0.25, -0.2) is 4.99 Å². The summed E-state index contributed by atoms with van der Waals surface area (Å²) < 4.78 is 7.39. The second-order valence-electron chi connectivity index (χ2n) is 7.11. The van der Waals surface area contributed by atoms with Crippen LogP contribution in [0.4, 0.5) is 0 Å². The van der Waals surface area contributed by atoms with E-state index >= 15 is 0 Å². The van der Waals surface area contributed by atoms with Crippen molar-refractivity contribution in [1.29, 1.82) is 0 Å². The highest BCUT2D eigenvalue weighted by molar-refractivity contribution is 5.79. The average molecular weight is 380 g/mol. The normalized spacial score (nSPS) is 15.9. The number of nitrogens with one attached hydrogen (secondary N) is 2. The molecule has 1 aliphatic rings. The van der Waals surface area contributed by atoms with Crippen LogP contribution >= 0.6 is 0 Å². The van der Waals surface area contributed by atoms with Gasteiger partial charge in [-0.1, -0.05) is 26.2 Å². The van der Waals surface area contributed by atoms with Gasteiger partial charge in [0.2, 0.25) is 0 Å². The van der Waals surface area contributed by atoms with Crippen LogP contribution in [0.15, 0.2) is 4.99 Å². The Morgan fingerprint density at radius 2 is 1.81 bits per heavy atom. The number of hydrogen-bond acceptors (Lipinski definition) is 5. The molecule has 0 unspecified atom stereocenters. The van der Waals surface area contributed by atoms with Gasteiger partial charge >= 0.3 is 0 Å². The molecule has 2 heterocycles. The number of rotatable bonds is 11. The summed E-state index contributed by atoms with van der Waals surface area (Å²) in [5.74, 6) is 2.66. The minimum absolute atomic E-state index is 0.533. The molecule has 27 heavy (non-hydrogen) atoms. The van der Waals surface area contributed by atoms with Crippen molar-refractivity contribution in [1.82, 2.24) is 30.3 Å². The maximum Gasteiger partial charge on any atom is 0.191 e. The first kappa shape index (κ1) is 21.6. The third kappa shape index (κ3) is 8.26. The van der Waals surface area contributed by atoms with E-state index in [9.17, 15) is 0 Å². The first-order valence-corrected chi connectivity index (χ1v) is 10.4. The van der Waals surface area contributed by atoms with E-state index in [2.05, 4.69) is 32.7 Å². The minimum Gasteiger partial charge on any atom is -0.379 e. The summed E-state index contributed by atoms with van der Waals surface area (Å²) in [6.07, 6.45) is 6.08. The number of hydrogen-bond donors (Lipinski definition) is 2. The number of nitrogens with zero attached hydrogens (tertiary/aromatic N) is 5. The van der Waals surface area contributed by atoms with Crippen LogP contribution in [-0.2, 0) is 18.3 Å². The van der Waals surface area contributed by atoms with E-state index in [0.717, 1.165) is 70.0 Å². The van der Waals surface area contributed by atoms with E-state index in [0.29, 0.717) is 6.54 Å². The number of aliphatic imine (C=N–C) groups is 1. The van der Waals surface area contributed by atoms with Crippen molar-refractivity contribution >= 4 is 5.96 Å². The molecular weight excluding hydrogens is 342 g/mol. The summed E-state index contributed by atoms with van der Waals surface area (Å²) in [6, 6.07) is 0. The van der Waals surface area contributed by atoms with Crippen LogP contribution in [0.1, 0.15) is 50.7 Å². The molecule has 0 amide bonds. The quantitative estimate of drug-likeness (QED) is 0.344. The van der Waals surface area contributed by atoms with E-state index in [1.54, 1.807) is 0 Å². The zero-order chi connectivity index (χ0) is 19.3. The highest BCUT2D eigenvalue weighted by atomic mass is 16.5. The van der Waals surface area contributed by atoms with Crippen molar-refractivity contribution in [3.05, 3.63) is 11.6 Å². The van der Waals surface area contributed by atoms with Crippen LogP contribution < -0.4 is 10.6 Å². The van der Waals surface area contributed by atoms with Crippen LogP contribution in [0.25, 0.3) is 0 Å². The Bertz CT molecular complexity index is 552. The lowest BCUT2D eigenvalue weighted by Gasteiger charge is -2.26. The van der Waals surface area contributed by atoms with Crippen molar-refractivity contribution in [2.75, 3.05) is 45.9 Å². The lowest BCUT2D eigenvalue weighted by molar-refractivity contribution is 0.0376. The molecule has 0 atom stereocenters. The number of ether oxygens (including phenoxy) is 1. The Morgan fingerprint density at radius 3 is 2.48 bits per heavy atom. The van der Waals surface area contributed by atoms with Gasteiger partial charge in [-0.2, -0.15) is 0 Å². The lowest BCUT2D eigenvalue weighted by Crippen LogP contribution is -2.41. The van der Waals surface area contributed by atoms with Gasteiger partial charge in [0.05, 0.1) is 13.2 Å². The third-order valence-electron chi connectivity index (χ3n) is 4.93. The Labute approximate surface area is 163 Å². The first-order valence-electron chi connectivity index (χ1n) is 10.4. The predicted molar refractivity (Wildman–Crippen MR) is 109 cm³/mol. The molecule has 1 aliphatic heterocycles. The van der Waals surface area contributed by atoms with Crippen molar-refractivity contribution < 1.29 is 4.74 Å². The molecule has 8 heteroatoms. The van der Waals surface area contributed by atoms with Crippen molar-refractivity contribution in [2.45, 2.75) is 52.5 Å². The van der Waals surface area contributed by atoms with Gasteiger partial charge in [0.25, 0.3) is 0 Å². The third-order valence-corrected chi connectivity index (χ3v) is 4.93. The zero-order valence-electron chi connectivity index (χ0n) is 17.3. The first-order chi connectivity index (χ1) is 13.2. The highest BCUT2D eigenvalue weighted by Gasteiger charge is 2.09. The van der Waals surface area contributed by atoms with Crippen molar-refractivity contribution in [2.24, 2.45) is 12.0 Å². The molecule has 154 valence electrons. The van der Waals surface area contributed by atoms with E-state index in [1.165, 1.54) is 25.7 Å². The Balaban J connectivity index is 1.76. The molecule has 0 aliphatic carbocycles. The molecular formula is C19H37N7O. The van der Waals surface area contributed by atoms with Crippen LogP contribution in [0.2, 0.25) is 0 Å². The number of aryl methyl sites for hydroxylation is 1. The molecule has 1 saturated heterocycles. The summed E-state index contributed by atoms with van der Waals surface area (Å²) in [7, 11) is 1.98. The fourth-order valence-electron chi connectivity index (χ4n) is 3.01. The van der Waals surface area contributed by atoms with Gasteiger partial charge in [-0.05, 0) is 26.3 Å². The molecule has 2 rings (SSSR count). The summed E-state index contributed by atoms with van der Waals surface area (Å²) in [5, 5.41) is 15.2. The van der Waals surface area contributed by atoms with E-state index in [1.807, 2.05) is 18.5 Å². The second-order valence-corrected chi connectivity index (χ2v) is 7.11. The summed E-state index contributed by atoms with van der Waals surface area (Å²) >= 11 is 0. The molecule has 2 N–H and O–H groups in total. The molecule has 0 radical (unpaired) electrons. The number of morpholine rings is 1. The Morgan fingerprint density at radius 1 is 1.07 bits per heavy atom. The fraction of sp³-hybridized carbons (Fsp3) is 0.842. The van der Waals surface area contributed by atoms with E-state index < -0.39 is 0 Å². The smallest absolute Gasteiger partial charge is 0.191 e. The standard InChI is InChI=1S/C19H37N7O/c1-4-5-6-7-9-20-19(22-16-18-24-23-17(2)25(18)3)21-10-8-11-26-12-14-27-15-13-26/h4-16H2,1-3H3,(H2,20,21,22). The molecule has 8 nitrogen and oxygen atoms in total. The van der Waals surface area contributed by atoms with Crippen LogP contribution in [0.3, 0.4) is 0 Å². The summed E-state index contributed by atoms with van der Waals surface area (Å²) in [6.45, 7) is 11.5. The van der Waals surface area contributed by atoms with Gasteiger partial charge in [0.15, 0.2) is 11.8 Å². The maximum absolute atomic E-state index is 5.40. The molecule has 0 aromatic carbocycles. The molecule has 1 aromatic rings. The van der Waals surface area contributed by atoms with Crippen molar-refractivity contribution in [3.63, 3.8) is 0 Å². The monoisotopic (exact) mass is 379 g/mol. The largest absolute Gasteiger partial charge is 0.379 e. The van der Waals surface area contributed by atoms with Gasteiger partial charge in [0, 0.05) is 33.2 Å². The summed E-state index contributed by atoms with van der Waals surface area (Å²) in [5.41, 5.74) is 0. The summed E-state index contributed by atoms with van der Waals surface area (Å²) in [4.78, 5) is 7.17. The topological polar surface area (TPSA) is 79.6 Å². The van der Waals surface area contributed by atoms with Crippen LogP contribution in [-0.4, -0.2) is 71.6 Å². The van der Waals surface area contributed by atoms with Crippen molar-refractivity contribution in [3.8, 4) is 0 Å². The molecule has 0 bridgehead atoms. The Kier molecular flexibility index (Phi) is 10.1. The number of guanidine groups is 1. The SMILES string of the molecule is CCCCCCNC(=NCc1nnc(C)n1C)NCCCN1CCOCC1. The zero-order valence-corrected chi connectivity index (χ0v) is 17.3. The predicted octanol–water partition coefficient (Wildman–Crippen LogP) is 1.46. The van der Waals surface area contributed by atoms with Gasteiger partial charge < -0.3 is 19.9 Å². The van der Waals surface area contributed by atoms with E-state index in [4.69, 9.17) is 9.73 Å². The maximum atomic E-state index is 5.40. The van der Waals surface area contributed by atoms with Gasteiger partial charge in [-0.15, -0.1) is 10.2 Å². The molecule has 0 saturated carbocycles. The molecule has 1 aromatic heterocycles. The average Bonchev–Trinajstić information content (AvgIpc) is 3.01. The Hall–Kier alpha value is -1.67. The van der Waals surface area contributed by atoms with Crippen LogP contribution in [0, 0.1) is 6.92 Å². The van der Waals surface area contributed by atoms with Gasteiger partial charge in [-0.3, -0.25) is 4.90 Å². The molecule has 0 spiro atoms. The van der Waals surface area contributed by atoms with E-state index in [-0.39, 0.29) is 0 Å². The van der Waals surface area contributed by atoms with Crippen LogP contribution in [0.5, 0.6) is 0 Å². The molecule has 1 fully saturated rings. The highest BCUT2D eigenvalue weighted by Crippen LogP contribution is 2.00. The minimum atomic E-state index is 0.533. The second kappa shape index (κ2) is 12.7. The number of unbranched alkanes of at least 4 members (excludes halogenated alkanes) is 3. The van der Waals surface area contributed by atoms with Gasteiger partial charge in [0.1, 0.15) is 12.4 Å². The number of aromatic nitrogens is 3. The lowest BCUT2D eigenvalue weighted by atomic mass is 10.2.